The van der Waals surface area contributed by atoms with E-state index in [9.17, 15) is 0 Å². The van der Waals surface area contributed by atoms with E-state index in [1.807, 2.05) is 0 Å². The van der Waals surface area contributed by atoms with Gasteiger partial charge in [-0.2, -0.15) is 7.78 Å². The maximum atomic E-state index is 4.30. The Kier molecular flexibility index (Phi) is 6.30. The first-order chi connectivity index (χ1) is 8.20. The van der Waals surface area contributed by atoms with Crippen molar-refractivity contribution in [1.29, 1.82) is 0 Å². The number of rotatable bonds is 3. The van der Waals surface area contributed by atoms with Gasteiger partial charge in [-0.25, -0.2) is 0 Å². The van der Waals surface area contributed by atoms with Gasteiger partial charge in [-0.15, -0.1) is 0 Å². The molecule has 0 radical (unpaired) electrons. The van der Waals surface area contributed by atoms with E-state index in [1.165, 1.54) is 6.20 Å². The van der Waals surface area contributed by atoms with Gasteiger partial charge in [0.2, 0.25) is 29.2 Å². The van der Waals surface area contributed by atoms with E-state index >= 15 is 0 Å². The summed E-state index contributed by atoms with van der Waals surface area (Å²) in [5.74, 6) is 3.40. The Morgan fingerprint density at radius 2 is 2.47 bits per heavy atom. The van der Waals surface area contributed by atoms with Crippen molar-refractivity contribution in [3.05, 3.63) is 28.3 Å². The van der Waals surface area contributed by atoms with Crippen molar-refractivity contribution in [3.8, 4) is 0 Å². The molecule has 1 heterocycles. The van der Waals surface area contributed by atoms with Crippen LogP contribution in [0.25, 0.3) is 0 Å². The van der Waals surface area contributed by atoms with Gasteiger partial charge >= 0.3 is 5.84 Å². The lowest BCUT2D eigenvalue weighted by Gasteiger charge is -1.97. The van der Waals surface area contributed by atoms with Crippen LogP contribution in [0.5, 0.6) is 0 Å². The molecule has 0 aromatic rings. The normalized spacial score (nSPS) is 16.2. The van der Waals surface area contributed by atoms with Gasteiger partial charge in [0.15, 0.2) is 0 Å². The largest absolute Gasteiger partial charge is 0.359 e. The molecule has 7 heteroatoms. The summed E-state index contributed by atoms with van der Waals surface area (Å²) in [6.45, 7) is 3.71. The summed E-state index contributed by atoms with van der Waals surface area (Å²) in [6, 6.07) is 0. The van der Waals surface area contributed by atoms with Gasteiger partial charge in [0, 0.05) is 19.1 Å². The zero-order chi connectivity index (χ0) is 12.7. The molecule has 0 fully saturated rings. The van der Waals surface area contributed by atoms with Crippen LogP contribution in [-0.4, -0.2) is 34.1 Å². The lowest BCUT2D eigenvalue weighted by molar-refractivity contribution is -0.200. The molecule has 1 N–H and O–H groups in total. The third-order valence-corrected chi connectivity index (χ3v) is 3.31. The molecule has 0 bridgehead atoms. The standard InChI is InChI=1S/C10H9I2N5/c1-3-17(12)10(16-7-13-2)8-6-14-4-5-15-9(8)11/h3-4,6-7H,1H2,2H3/p+1. The summed E-state index contributed by atoms with van der Waals surface area (Å²) in [4.78, 5) is 12.5. The van der Waals surface area contributed by atoms with Gasteiger partial charge in [0.05, 0.1) is 12.4 Å². The molecule has 17 heavy (non-hydrogen) atoms. The average Bonchev–Trinajstić information content (AvgIpc) is 2.55. The van der Waals surface area contributed by atoms with E-state index in [4.69, 9.17) is 0 Å². The predicted octanol–water partition coefficient (Wildman–Crippen LogP) is 2.05. The van der Waals surface area contributed by atoms with E-state index in [1.54, 1.807) is 28.6 Å². The molecule has 0 aliphatic carbocycles. The number of nitrogens with zero attached hydrogens (tertiary/aromatic N) is 4. The quantitative estimate of drug-likeness (QED) is 0.230. The Hall–Kier alpha value is -0.800. The van der Waals surface area contributed by atoms with Crippen LogP contribution < -0.4 is 5.32 Å². The molecule has 0 atom stereocenters. The van der Waals surface area contributed by atoms with Crippen LogP contribution >= 0.6 is 45.5 Å². The second kappa shape index (κ2) is 7.51. The summed E-state index contributed by atoms with van der Waals surface area (Å²) in [5, 5.41) is 2.85. The fourth-order valence-electron chi connectivity index (χ4n) is 0.946. The molecule has 1 rings (SSSR count). The fraction of sp³-hybridized carbons (Fsp3) is 0.100. The number of aliphatic imine (C=N–C) groups is 3. The zero-order valence-corrected chi connectivity index (χ0v) is 13.4. The van der Waals surface area contributed by atoms with Crippen LogP contribution in [0.2, 0.25) is 0 Å². The Morgan fingerprint density at radius 1 is 1.71 bits per heavy atom. The fourth-order valence-corrected chi connectivity index (χ4v) is 1.85. The Morgan fingerprint density at radius 3 is 3.12 bits per heavy atom. The van der Waals surface area contributed by atoms with Crippen molar-refractivity contribution in [3.63, 3.8) is 0 Å². The summed E-state index contributed by atoms with van der Waals surface area (Å²) >= 11 is 4.22. The highest BCUT2D eigenvalue weighted by Crippen LogP contribution is 2.17. The summed E-state index contributed by atoms with van der Waals surface area (Å²) in [7, 11) is 1.78. The average molecular weight is 454 g/mol. The minimum atomic E-state index is 0.698. The molecule has 0 saturated carbocycles. The zero-order valence-electron chi connectivity index (χ0n) is 9.06. The minimum absolute atomic E-state index is 0.698. The van der Waals surface area contributed by atoms with Crippen molar-refractivity contribution in [2.75, 3.05) is 7.05 Å². The van der Waals surface area contributed by atoms with E-state index in [0.717, 1.165) is 9.28 Å². The smallest absolute Gasteiger partial charge is 0.344 e. The van der Waals surface area contributed by atoms with Crippen LogP contribution in [0.15, 0.2) is 43.2 Å². The first-order valence-electron chi connectivity index (χ1n) is 4.56. The summed E-state index contributed by atoms with van der Waals surface area (Å²) in [5.41, 5.74) is 0.813. The highest BCUT2D eigenvalue weighted by Gasteiger charge is 2.19. The first-order valence-corrected chi connectivity index (χ1v) is 6.60. The van der Waals surface area contributed by atoms with Crippen molar-refractivity contribution >= 4 is 69.7 Å². The molecule has 0 unspecified atom stereocenters. The molecule has 0 saturated heterocycles. The second-order valence-electron chi connectivity index (χ2n) is 2.72. The van der Waals surface area contributed by atoms with E-state index in [2.05, 4.69) is 78.2 Å². The summed E-state index contributed by atoms with van der Waals surface area (Å²) in [6.07, 6.45) is 6.46. The van der Waals surface area contributed by atoms with E-state index < -0.39 is 0 Å². The number of hydrogen-bond acceptors (Lipinski definition) is 2. The highest BCUT2D eigenvalue weighted by molar-refractivity contribution is 14.1. The first kappa shape index (κ1) is 14.3. The molecule has 0 aromatic carbocycles. The molecule has 0 spiro atoms. The van der Waals surface area contributed by atoms with Crippen LogP contribution in [0.4, 0.5) is 0 Å². The number of halogens is 2. The molecule has 88 valence electrons. The third kappa shape index (κ3) is 4.17. The van der Waals surface area contributed by atoms with Gasteiger partial charge in [-0.05, 0) is 27.6 Å². The van der Waals surface area contributed by atoms with E-state index in [0.29, 0.717) is 5.84 Å². The van der Waals surface area contributed by atoms with Crippen molar-refractivity contribution in [2.24, 2.45) is 15.0 Å². The number of nitrogens with one attached hydrogen (secondary N) is 1. The molecular formula is C10H10I2N5+. The maximum absolute atomic E-state index is 4.30. The SMILES string of the molecule is C=C/[N+](I)=C(\N=C/NC)C1=C(I)N=C=CN=C1. The maximum Gasteiger partial charge on any atom is 0.344 e. The lowest BCUT2D eigenvalue weighted by Crippen LogP contribution is -2.14. The van der Waals surface area contributed by atoms with Gasteiger partial charge in [0.25, 0.3) is 0 Å². The molecule has 0 amide bonds. The van der Waals surface area contributed by atoms with Crippen LogP contribution in [-0.2, 0) is 0 Å². The number of hydrogen-bond donors (Lipinski definition) is 1. The highest BCUT2D eigenvalue weighted by atomic mass is 127. The van der Waals surface area contributed by atoms with Gasteiger partial charge in [-0.3, -0.25) is 4.99 Å². The topological polar surface area (TPSA) is 52.1 Å². The van der Waals surface area contributed by atoms with E-state index in [-0.39, 0.29) is 0 Å². The second-order valence-corrected chi connectivity index (χ2v) is 4.78. The molecule has 1 aliphatic heterocycles. The monoisotopic (exact) mass is 454 g/mol. The third-order valence-electron chi connectivity index (χ3n) is 1.64. The lowest BCUT2D eigenvalue weighted by atomic mass is 10.3. The summed E-state index contributed by atoms with van der Waals surface area (Å²) < 4.78 is 2.54. The van der Waals surface area contributed by atoms with Crippen molar-refractivity contribution in [1.82, 2.24) is 5.32 Å². The van der Waals surface area contributed by atoms with Gasteiger partial charge in [0.1, 0.15) is 9.28 Å². The molecule has 5 nitrogen and oxygen atoms in total. The Balaban J connectivity index is 3.30. The Bertz CT molecular complexity index is 493. The van der Waals surface area contributed by atoms with Crippen molar-refractivity contribution in [2.45, 2.75) is 0 Å². The Labute approximate surface area is 127 Å². The van der Waals surface area contributed by atoms with Gasteiger partial charge in [-0.1, -0.05) is 6.58 Å². The van der Waals surface area contributed by atoms with Crippen molar-refractivity contribution < 1.29 is 2.79 Å². The van der Waals surface area contributed by atoms with Crippen LogP contribution in [0, 0.1) is 0 Å². The van der Waals surface area contributed by atoms with Crippen LogP contribution in [0.1, 0.15) is 0 Å². The molecule has 0 aromatic heterocycles. The number of amidine groups is 1. The van der Waals surface area contributed by atoms with Crippen LogP contribution in [0.3, 0.4) is 0 Å². The molecular weight excluding hydrogens is 444 g/mol. The van der Waals surface area contributed by atoms with Gasteiger partial charge < -0.3 is 5.32 Å². The molecule has 1 aliphatic rings. The minimum Gasteiger partial charge on any atom is -0.359 e. The predicted molar refractivity (Wildman–Crippen MR) is 88.6 cm³/mol.